The van der Waals surface area contributed by atoms with Crippen molar-refractivity contribution in [2.45, 2.75) is 57.3 Å². The second kappa shape index (κ2) is 8.56. The first-order chi connectivity index (χ1) is 16.3. The summed E-state index contributed by atoms with van der Waals surface area (Å²) in [7, 11) is -3.81. The molecule has 1 aromatic rings. The van der Waals surface area contributed by atoms with Crippen LogP contribution in [-0.2, 0) is 14.8 Å². The Morgan fingerprint density at radius 2 is 1.68 bits per heavy atom. The predicted octanol–water partition coefficient (Wildman–Crippen LogP) is 4.14. The predicted molar refractivity (Wildman–Crippen MR) is 125 cm³/mol. The van der Waals surface area contributed by atoms with Gasteiger partial charge >= 0.3 is 0 Å². The number of carbonyl (C=O) groups is 1. The molecule has 0 unspecified atom stereocenters. The fourth-order valence-corrected chi connectivity index (χ4v) is 8.86. The summed E-state index contributed by atoms with van der Waals surface area (Å²) in [6.45, 7) is 1.69. The standard InChI is InChI=1S/C26H34FNO5S/c27-23-11-25(33-16-26-12-17-7-18(13-26)9-19(8-17)14-26)21(20-1-2-20)10-22(23)24(29)15-34(30,31)28-3-5-32-6-4-28/h10-11,17-20H,1-9,12-16H2. The summed E-state index contributed by atoms with van der Waals surface area (Å²) < 4.78 is 53.3. The molecule has 0 atom stereocenters. The van der Waals surface area contributed by atoms with E-state index in [4.69, 9.17) is 9.47 Å². The van der Waals surface area contributed by atoms with Crippen molar-refractivity contribution in [3.05, 3.63) is 29.1 Å². The number of carbonyl (C=O) groups excluding carboxylic acids is 1. The highest BCUT2D eigenvalue weighted by atomic mass is 32.2. The Morgan fingerprint density at radius 3 is 2.26 bits per heavy atom. The lowest BCUT2D eigenvalue weighted by atomic mass is 9.50. The van der Waals surface area contributed by atoms with Gasteiger partial charge in [0.2, 0.25) is 10.0 Å². The number of benzene rings is 1. The lowest BCUT2D eigenvalue weighted by Gasteiger charge is -2.56. The second-order valence-electron chi connectivity index (χ2n) is 11.5. The zero-order valence-corrected chi connectivity index (χ0v) is 20.5. The summed E-state index contributed by atoms with van der Waals surface area (Å²) in [4.78, 5) is 12.9. The number of rotatable bonds is 8. The third-order valence-electron chi connectivity index (χ3n) is 8.79. The molecule has 1 heterocycles. The average molecular weight is 492 g/mol. The van der Waals surface area contributed by atoms with Gasteiger partial charge < -0.3 is 9.47 Å². The first kappa shape index (κ1) is 22.9. The zero-order chi connectivity index (χ0) is 23.5. The van der Waals surface area contributed by atoms with E-state index in [0.717, 1.165) is 36.2 Å². The fraction of sp³-hybridized carbons (Fsp3) is 0.731. The van der Waals surface area contributed by atoms with Gasteiger partial charge in [0.25, 0.3) is 0 Å². The molecular weight excluding hydrogens is 457 g/mol. The molecule has 6 fully saturated rings. The number of hydrogen-bond donors (Lipinski definition) is 0. The third-order valence-corrected chi connectivity index (χ3v) is 10.6. The Bertz CT molecular complexity index is 1040. The highest BCUT2D eigenvalue weighted by Gasteiger charge is 2.51. The summed E-state index contributed by atoms with van der Waals surface area (Å²) in [5, 5.41) is 0. The summed E-state index contributed by atoms with van der Waals surface area (Å²) in [6.07, 6.45) is 9.73. The van der Waals surface area contributed by atoms with Crippen LogP contribution < -0.4 is 4.74 Å². The Labute approximate surface area is 201 Å². The Hall–Kier alpha value is -1.51. The summed E-state index contributed by atoms with van der Waals surface area (Å²) in [5.74, 6) is 1.17. The second-order valence-corrected chi connectivity index (χ2v) is 13.5. The molecule has 0 aromatic heterocycles. The number of hydrogen-bond acceptors (Lipinski definition) is 5. The highest BCUT2D eigenvalue weighted by Crippen LogP contribution is 2.60. The Balaban J connectivity index is 1.20. The van der Waals surface area contributed by atoms with Crippen LogP contribution >= 0.6 is 0 Å². The van der Waals surface area contributed by atoms with Crippen molar-refractivity contribution in [2.24, 2.45) is 23.2 Å². The number of halogens is 1. The van der Waals surface area contributed by atoms with Gasteiger partial charge in [-0.25, -0.2) is 12.8 Å². The fourth-order valence-electron chi connectivity index (χ4n) is 7.48. The van der Waals surface area contributed by atoms with Gasteiger partial charge in [-0.1, -0.05) is 0 Å². The van der Waals surface area contributed by atoms with Crippen LogP contribution in [0.3, 0.4) is 0 Å². The number of nitrogens with zero attached hydrogens (tertiary/aromatic N) is 1. The largest absolute Gasteiger partial charge is 0.493 e. The Morgan fingerprint density at radius 1 is 1.06 bits per heavy atom. The van der Waals surface area contributed by atoms with E-state index in [-0.39, 0.29) is 30.0 Å². The van der Waals surface area contributed by atoms with E-state index < -0.39 is 27.4 Å². The molecule has 0 radical (unpaired) electrons. The number of ether oxygens (including phenoxy) is 2. The van der Waals surface area contributed by atoms with Crippen molar-refractivity contribution in [3.8, 4) is 5.75 Å². The molecule has 0 N–H and O–H groups in total. The van der Waals surface area contributed by atoms with Crippen molar-refractivity contribution < 1.29 is 27.1 Å². The maximum Gasteiger partial charge on any atom is 0.221 e. The summed E-state index contributed by atoms with van der Waals surface area (Å²) in [6, 6.07) is 2.90. The number of Topliss-reactive ketones (excluding diaryl/α,β-unsaturated/α-hetero) is 1. The van der Waals surface area contributed by atoms with Gasteiger partial charge in [-0.2, -0.15) is 4.31 Å². The van der Waals surface area contributed by atoms with E-state index in [1.807, 2.05) is 0 Å². The van der Waals surface area contributed by atoms with Crippen molar-refractivity contribution in [3.63, 3.8) is 0 Å². The van der Waals surface area contributed by atoms with Gasteiger partial charge in [-0.15, -0.1) is 0 Å². The van der Waals surface area contributed by atoms with E-state index in [0.29, 0.717) is 25.6 Å². The van der Waals surface area contributed by atoms with Crippen molar-refractivity contribution >= 4 is 15.8 Å². The lowest BCUT2D eigenvalue weighted by Crippen LogP contribution is -2.48. The van der Waals surface area contributed by atoms with Crippen LogP contribution in [0.2, 0.25) is 0 Å². The summed E-state index contributed by atoms with van der Waals surface area (Å²) in [5.41, 5.74) is 0.936. The first-order valence-electron chi connectivity index (χ1n) is 12.9. The number of sulfonamides is 1. The van der Waals surface area contributed by atoms with Crippen molar-refractivity contribution in [1.82, 2.24) is 4.31 Å². The topological polar surface area (TPSA) is 72.9 Å². The van der Waals surface area contributed by atoms with E-state index >= 15 is 4.39 Å². The molecule has 6 nitrogen and oxygen atoms in total. The van der Waals surface area contributed by atoms with Crippen LogP contribution in [0.25, 0.3) is 0 Å². The molecule has 5 saturated carbocycles. The molecule has 8 heteroatoms. The molecule has 4 bridgehead atoms. The molecule has 1 aliphatic heterocycles. The van der Waals surface area contributed by atoms with Crippen LogP contribution in [0.5, 0.6) is 5.75 Å². The molecule has 1 aromatic carbocycles. The first-order valence-corrected chi connectivity index (χ1v) is 14.5. The minimum absolute atomic E-state index is 0.138. The smallest absolute Gasteiger partial charge is 0.221 e. The molecule has 7 rings (SSSR count). The van der Waals surface area contributed by atoms with E-state index in [1.165, 1.54) is 48.9 Å². The highest BCUT2D eigenvalue weighted by molar-refractivity contribution is 7.89. The molecule has 5 aliphatic carbocycles. The van der Waals surface area contributed by atoms with Gasteiger partial charge in [-0.3, -0.25) is 4.79 Å². The van der Waals surface area contributed by atoms with Crippen LogP contribution in [0, 0.1) is 29.0 Å². The monoisotopic (exact) mass is 491 g/mol. The molecule has 34 heavy (non-hydrogen) atoms. The molecule has 186 valence electrons. The minimum Gasteiger partial charge on any atom is -0.493 e. The zero-order valence-electron chi connectivity index (χ0n) is 19.6. The van der Waals surface area contributed by atoms with Gasteiger partial charge in [0.1, 0.15) is 17.3 Å². The van der Waals surface area contributed by atoms with Gasteiger partial charge in [0.15, 0.2) is 5.78 Å². The molecular formula is C26H34FNO5S. The molecule has 0 spiro atoms. The van der Waals surface area contributed by atoms with Gasteiger partial charge in [0, 0.05) is 24.6 Å². The molecule has 0 amide bonds. The molecule has 6 aliphatic rings. The lowest BCUT2D eigenvalue weighted by molar-refractivity contribution is -0.0747. The van der Waals surface area contributed by atoms with Gasteiger partial charge in [0.05, 0.1) is 25.4 Å². The van der Waals surface area contributed by atoms with E-state index in [2.05, 4.69) is 0 Å². The maximum absolute atomic E-state index is 15.1. The Kier molecular flexibility index (Phi) is 5.77. The van der Waals surface area contributed by atoms with E-state index in [1.54, 1.807) is 6.07 Å². The molecule has 1 saturated heterocycles. The van der Waals surface area contributed by atoms with Crippen molar-refractivity contribution in [2.75, 3.05) is 38.7 Å². The average Bonchev–Trinajstić information content (AvgIpc) is 3.62. The SMILES string of the molecule is O=C(CS(=O)(=O)N1CCOCC1)c1cc(C2CC2)c(OCC23CC4CC(CC(C4)C2)C3)cc1F. The van der Waals surface area contributed by atoms with Crippen LogP contribution in [-0.4, -0.2) is 57.2 Å². The number of ketones is 1. The van der Waals surface area contributed by atoms with Crippen LogP contribution in [0.1, 0.15) is 73.2 Å². The number of morpholine rings is 1. The van der Waals surface area contributed by atoms with Gasteiger partial charge in [-0.05, 0) is 86.7 Å². The van der Waals surface area contributed by atoms with Crippen molar-refractivity contribution in [1.29, 1.82) is 0 Å². The van der Waals surface area contributed by atoms with Crippen LogP contribution in [0.15, 0.2) is 12.1 Å². The van der Waals surface area contributed by atoms with Crippen LogP contribution in [0.4, 0.5) is 4.39 Å². The van der Waals surface area contributed by atoms with E-state index in [9.17, 15) is 13.2 Å². The normalized spacial score (nSPS) is 33.3. The third kappa shape index (κ3) is 4.42. The maximum atomic E-state index is 15.1. The quantitative estimate of drug-likeness (QED) is 0.511. The summed E-state index contributed by atoms with van der Waals surface area (Å²) >= 11 is 0. The minimum atomic E-state index is -3.81.